The molecule has 0 N–H and O–H groups in total. The highest BCUT2D eigenvalue weighted by Gasteiger charge is 2.06. The number of carbonyl (C=O) groups excluding carboxylic acids is 1. The van der Waals surface area contributed by atoms with Crippen LogP contribution in [-0.2, 0) is 11.2 Å². The molecule has 1 aromatic heterocycles. The first-order valence-electron chi connectivity index (χ1n) is 4.70. The van der Waals surface area contributed by atoms with Gasteiger partial charge in [0, 0.05) is 29.2 Å². The van der Waals surface area contributed by atoms with Gasteiger partial charge in [0.1, 0.15) is 5.78 Å². The van der Waals surface area contributed by atoms with E-state index in [0.717, 1.165) is 10.2 Å². The zero-order chi connectivity index (χ0) is 10.6. The molecule has 1 aromatic rings. The molecule has 0 saturated heterocycles. The maximum absolute atomic E-state index is 11.5. The van der Waals surface area contributed by atoms with Crippen molar-refractivity contribution in [2.45, 2.75) is 26.7 Å². The summed E-state index contributed by atoms with van der Waals surface area (Å²) < 4.78 is 0.942. The molecular formula is C11H14BrNO. The number of halogens is 1. The Morgan fingerprint density at radius 2 is 2.21 bits per heavy atom. The van der Waals surface area contributed by atoms with Crippen LogP contribution >= 0.6 is 15.9 Å². The Morgan fingerprint density at radius 3 is 2.71 bits per heavy atom. The van der Waals surface area contributed by atoms with Gasteiger partial charge < -0.3 is 0 Å². The van der Waals surface area contributed by atoms with Crippen LogP contribution in [0, 0.1) is 5.92 Å². The lowest BCUT2D eigenvalue weighted by Crippen LogP contribution is -2.07. The van der Waals surface area contributed by atoms with Crippen molar-refractivity contribution in [3.8, 4) is 0 Å². The molecule has 76 valence electrons. The number of ketones is 1. The third kappa shape index (κ3) is 4.01. The molecule has 1 heterocycles. The largest absolute Gasteiger partial charge is 0.299 e. The molecule has 0 amide bonds. The summed E-state index contributed by atoms with van der Waals surface area (Å²) in [6, 6.07) is 3.79. The van der Waals surface area contributed by atoms with E-state index in [-0.39, 0.29) is 5.78 Å². The minimum absolute atomic E-state index is 0.259. The summed E-state index contributed by atoms with van der Waals surface area (Å²) in [6.45, 7) is 4.10. The van der Waals surface area contributed by atoms with E-state index in [1.165, 1.54) is 0 Å². The molecule has 3 heteroatoms. The fourth-order valence-corrected chi connectivity index (χ4v) is 1.48. The molecule has 0 spiro atoms. The molecule has 0 unspecified atom stereocenters. The first-order chi connectivity index (χ1) is 6.58. The summed E-state index contributed by atoms with van der Waals surface area (Å²) in [5, 5.41) is 0. The molecule has 14 heavy (non-hydrogen) atoms. The van der Waals surface area contributed by atoms with Crippen molar-refractivity contribution in [1.82, 2.24) is 4.98 Å². The Kier molecular flexibility index (Phi) is 4.26. The predicted molar refractivity (Wildman–Crippen MR) is 60.1 cm³/mol. The highest BCUT2D eigenvalue weighted by atomic mass is 79.9. The average molecular weight is 256 g/mol. The molecule has 2 nitrogen and oxygen atoms in total. The monoisotopic (exact) mass is 255 g/mol. The minimum atomic E-state index is 0.259. The first-order valence-corrected chi connectivity index (χ1v) is 5.49. The van der Waals surface area contributed by atoms with Crippen molar-refractivity contribution in [1.29, 1.82) is 0 Å². The number of hydrogen-bond donors (Lipinski definition) is 0. The minimum Gasteiger partial charge on any atom is -0.299 e. The zero-order valence-corrected chi connectivity index (χ0v) is 10.0. The van der Waals surface area contributed by atoms with E-state index >= 15 is 0 Å². The summed E-state index contributed by atoms with van der Waals surface area (Å²) in [7, 11) is 0. The summed E-state index contributed by atoms with van der Waals surface area (Å²) in [5.74, 6) is 0.688. The Hall–Kier alpha value is -0.700. The van der Waals surface area contributed by atoms with E-state index in [1.807, 2.05) is 26.0 Å². The van der Waals surface area contributed by atoms with E-state index in [2.05, 4.69) is 20.9 Å². The molecule has 0 radical (unpaired) electrons. The molecule has 0 aliphatic heterocycles. The van der Waals surface area contributed by atoms with Gasteiger partial charge >= 0.3 is 0 Å². The predicted octanol–water partition coefficient (Wildman–Crippen LogP) is 3.00. The maximum Gasteiger partial charge on any atom is 0.139 e. The van der Waals surface area contributed by atoms with Crippen LogP contribution < -0.4 is 0 Å². The highest BCUT2D eigenvalue weighted by Crippen LogP contribution is 2.09. The summed E-state index contributed by atoms with van der Waals surface area (Å²) in [4.78, 5) is 15.6. The van der Waals surface area contributed by atoms with Crippen molar-refractivity contribution in [2.24, 2.45) is 5.92 Å². The Morgan fingerprint density at radius 1 is 1.50 bits per heavy atom. The van der Waals surface area contributed by atoms with Crippen molar-refractivity contribution in [3.05, 3.63) is 28.5 Å². The number of aromatic nitrogens is 1. The first kappa shape index (κ1) is 11.4. The quantitative estimate of drug-likeness (QED) is 0.828. The van der Waals surface area contributed by atoms with Gasteiger partial charge in [-0.05, 0) is 34.0 Å². The van der Waals surface area contributed by atoms with Crippen molar-refractivity contribution < 1.29 is 4.79 Å². The van der Waals surface area contributed by atoms with Gasteiger partial charge in [0.15, 0.2) is 0 Å². The molecule has 0 saturated carbocycles. The van der Waals surface area contributed by atoms with Gasteiger partial charge in [-0.15, -0.1) is 0 Å². The van der Waals surface area contributed by atoms with Crippen molar-refractivity contribution in [2.75, 3.05) is 0 Å². The number of pyridine rings is 1. The third-order valence-corrected chi connectivity index (χ3v) is 2.27. The Bertz CT molecular complexity index is 306. The lowest BCUT2D eigenvalue weighted by molar-refractivity contribution is -0.119. The van der Waals surface area contributed by atoms with Gasteiger partial charge in [0.2, 0.25) is 0 Å². The van der Waals surface area contributed by atoms with Gasteiger partial charge in [0.25, 0.3) is 0 Å². The van der Waals surface area contributed by atoms with Gasteiger partial charge in [0.05, 0.1) is 0 Å². The summed E-state index contributed by atoms with van der Waals surface area (Å²) in [6.07, 6.45) is 2.81. The number of carbonyl (C=O) groups is 1. The number of nitrogens with zero attached hydrogens (tertiary/aromatic N) is 1. The lowest BCUT2D eigenvalue weighted by Gasteiger charge is -2.03. The van der Waals surface area contributed by atoms with Crippen molar-refractivity contribution >= 4 is 21.7 Å². The van der Waals surface area contributed by atoms with Crippen LogP contribution in [0.1, 0.15) is 26.0 Å². The van der Waals surface area contributed by atoms with Crippen molar-refractivity contribution in [3.63, 3.8) is 0 Å². The topological polar surface area (TPSA) is 30.0 Å². The molecule has 0 aliphatic carbocycles. The second-order valence-corrected chi connectivity index (χ2v) is 4.70. The average Bonchev–Trinajstić information content (AvgIpc) is 2.07. The molecule has 0 bridgehead atoms. The second-order valence-electron chi connectivity index (χ2n) is 3.78. The van der Waals surface area contributed by atoms with Crippen LogP contribution in [0.4, 0.5) is 0 Å². The molecule has 1 rings (SSSR count). The van der Waals surface area contributed by atoms with E-state index in [0.29, 0.717) is 18.8 Å². The zero-order valence-electron chi connectivity index (χ0n) is 8.46. The van der Waals surface area contributed by atoms with Crippen LogP contribution in [0.25, 0.3) is 0 Å². The van der Waals surface area contributed by atoms with Gasteiger partial charge in [-0.1, -0.05) is 13.8 Å². The van der Waals surface area contributed by atoms with Gasteiger partial charge in [-0.3, -0.25) is 9.78 Å². The molecule has 0 fully saturated rings. The molecular weight excluding hydrogens is 242 g/mol. The summed E-state index contributed by atoms with van der Waals surface area (Å²) in [5.41, 5.74) is 0.846. The van der Waals surface area contributed by atoms with Crippen LogP contribution in [0.5, 0.6) is 0 Å². The lowest BCUT2D eigenvalue weighted by atomic mass is 10.0. The normalized spacial score (nSPS) is 10.6. The smallest absolute Gasteiger partial charge is 0.139 e. The van der Waals surface area contributed by atoms with Gasteiger partial charge in [-0.2, -0.15) is 0 Å². The molecule has 0 aliphatic rings. The Balaban J connectivity index is 2.52. The highest BCUT2D eigenvalue weighted by molar-refractivity contribution is 9.10. The standard InChI is InChI=1S/C11H14BrNO/c1-8(2)5-11(14)6-10-4-3-9(12)7-13-10/h3-4,7-8H,5-6H2,1-2H3. The fourth-order valence-electron chi connectivity index (χ4n) is 1.24. The third-order valence-electron chi connectivity index (χ3n) is 1.80. The second kappa shape index (κ2) is 5.25. The van der Waals surface area contributed by atoms with E-state index in [1.54, 1.807) is 6.20 Å². The Labute approximate surface area is 92.9 Å². The van der Waals surface area contributed by atoms with Crippen LogP contribution in [-0.4, -0.2) is 10.8 Å². The van der Waals surface area contributed by atoms with Crippen LogP contribution in [0.15, 0.2) is 22.8 Å². The number of hydrogen-bond acceptors (Lipinski definition) is 2. The SMILES string of the molecule is CC(C)CC(=O)Cc1ccc(Br)cn1. The van der Waals surface area contributed by atoms with E-state index < -0.39 is 0 Å². The van der Waals surface area contributed by atoms with E-state index in [4.69, 9.17) is 0 Å². The van der Waals surface area contributed by atoms with Gasteiger partial charge in [-0.25, -0.2) is 0 Å². The number of Topliss-reactive ketones (excluding diaryl/α,β-unsaturated/α-hetero) is 1. The van der Waals surface area contributed by atoms with E-state index in [9.17, 15) is 4.79 Å². The van der Waals surface area contributed by atoms with Crippen LogP contribution in [0.2, 0.25) is 0 Å². The number of rotatable bonds is 4. The molecule has 0 atom stereocenters. The maximum atomic E-state index is 11.5. The molecule has 0 aromatic carbocycles. The van der Waals surface area contributed by atoms with Crippen LogP contribution in [0.3, 0.4) is 0 Å². The summed E-state index contributed by atoms with van der Waals surface area (Å²) >= 11 is 3.30. The fraction of sp³-hybridized carbons (Fsp3) is 0.455.